The third-order valence-corrected chi connectivity index (χ3v) is 1.97. The number of carbonyl (C=O) groups excluding carboxylic acids is 1. The molecule has 0 aliphatic carbocycles. The summed E-state index contributed by atoms with van der Waals surface area (Å²) in [5.74, 6) is 0.905. The number of rotatable bonds is 5. The Morgan fingerprint density at radius 3 is 2.29 bits per heavy atom. The van der Waals surface area contributed by atoms with Gasteiger partial charge in [0, 0.05) is 28.2 Å². The molecular weight excluding hydrogens is 222 g/mol. The van der Waals surface area contributed by atoms with Crippen LogP contribution in [-0.4, -0.2) is 55.6 Å². The molecule has 8 nitrogen and oxygen atoms in total. The van der Waals surface area contributed by atoms with Gasteiger partial charge >= 0.3 is 0 Å². The fourth-order valence-electron chi connectivity index (χ4n) is 1.14. The third kappa shape index (κ3) is 3.44. The van der Waals surface area contributed by atoms with E-state index in [0.29, 0.717) is 17.8 Å². The van der Waals surface area contributed by atoms with Crippen LogP contribution in [0.15, 0.2) is 0 Å². The monoisotopic (exact) mass is 239 g/mol. The Balaban J connectivity index is 3.05. The van der Waals surface area contributed by atoms with E-state index in [-0.39, 0.29) is 6.54 Å². The van der Waals surface area contributed by atoms with E-state index in [9.17, 15) is 4.79 Å². The van der Waals surface area contributed by atoms with Crippen molar-refractivity contribution in [1.82, 2.24) is 15.0 Å². The van der Waals surface area contributed by atoms with Crippen molar-refractivity contribution in [1.29, 1.82) is 0 Å². The zero-order chi connectivity index (χ0) is 13.0. The van der Waals surface area contributed by atoms with E-state index in [1.807, 2.05) is 14.1 Å². The lowest BCUT2D eigenvalue weighted by atomic mass is 10.5. The minimum absolute atomic E-state index is 0.0556. The predicted molar refractivity (Wildman–Crippen MR) is 66.2 cm³/mol. The van der Waals surface area contributed by atoms with Crippen LogP contribution in [0.1, 0.15) is 0 Å². The number of amides is 1. The summed E-state index contributed by atoms with van der Waals surface area (Å²) >= 11 is 0. The molecule has 1 amide bonds. The first-order chi connectivity index (χ1) is 7.93. The summed E-state index contributed by atoms with van der Waals surface area (Å²) in [6.45, 7) is 0.0556. The highest BCUT2D eigenvalue weighted by Crippen LogP contribution is 2.13. The minimum Gasteiger partial charge on any atom is -0.368 e. The van der Waals surface area contributed by atoms with Gasteiger partial charge in [-0.3, -0.25) is 4.79 Å². The molecule has 0 unspecified atom stereocenters. The molecule has 1 aromatic rings. The Kier molecular flexibility index (Phi) is 4.02. The van der Waals surface area contributed by atoms with Crippen LogP contribution in [-0.2, 0) is 4.79 Å². The number of hydrogen-bond donors (Lipinski definition) is 2. The first kappa shape index (κ1) is 12.9. The number of anilines is 3. The molecule has 0 radical (unpaired) electrons. The SMILES string of the molecule is CNc1nc(N(C)C)nc(N(C)CC(N)=O)n1. The lowest BCUT2D eigenvalue weighted by Gasteiger charge is -2.18. The zero-order valence-electron chi connectivity index (χ0n) is 10.4. The molecular formula is C9H17N7O. The first-order valence-corrected chi connectivity index (χ1v) is 5.04. The number of carbonyl (C=O) groups is 1. The average molecular weight is 239 g/mol. The van der Waals surface area contributed by atoms with Crippen LogP contribution in [0.2, 0.25) is 0 Å². The summed E-state index contributed by atoms with van der Waals surface area (Å²) in [6.07, 6.45) is 0. The van der Waals surface area contributed by atoms with E-state index >= 15 is 0 Å². The molecule has 0 fully saturated rings. The molecule has 0 aromatic carbocycles. The van der Waals surface area contributed by atoms with Gasteiger partial charge in [0.05, 0.1) is 6.54 Å². The second kappa shape index (κ2) is 5.28. The second-order valence-electron chi connectivity index (χ2n) is 3.73. The maximum Gasteiger partial charge on any atom is 0.237 e. The van der Waals surface area contributed by atoms with Crippen LogP contribution in [0.4, 0.5) is 17.8 Å². The van der Waals surface area contributed by atoms with Crippen molar-refractivity contribution in [3.63, 3.8) is 0 Å². The van der Waals surface area contributed by atoms with E-state index < -0.39 is 5.91 Å². The van der Waals surface area contributed by atoms with Gasteiger partial charge in [-0.25, -0.2) is 0 Å². The fraction of sp³-hybridized carbons (Fsp3) is 0.556. The molecule has 1 rings (SSSR count). The smallest absolute Gasteiger partial charge is 0.237 e. The second-order valence-corrected chi connectivity index (χ2v) is 3.73. The summed E-state index contributed by atoms with van der Waals surface area (Å²) in [6, 6.07) is 0. The third-order valence-electron chi connectivity index (χ3n) is 1.97. The van der Waals surface area contributed by atoms with Crippen molar-refractivity contribution in [2.75, 3.05) is 49.9 Å². The van der Waals surface area contributed by atoms with E-state index in [0.717, 1.165) is 0 Å². The fourth-order valence-corrected chi connectivity index (χ4v) is 1.14. The Bertz CT molecular complexity index is 406. The quantitative estimate of drug-likeness (QED) is 0.672. The largest absolute Gasteiger partial charge is 0.368 e. The highest BCUT2D eigenvalue weighted by Gasteiger charge is 2.12. The van der Waals surface area contributed by atoms with Gasteiger partial charge in [-0.05, 0) is 0 Å². The Morgan fingerprint density at radius 1 is 1.24 bits per heavy atom. The van der Waals surface area contributed by atoms with Crippen LogP contribution in [0.25, 0.3) is 0 Å². The highest BCUT2D eigenvalue weighted by molar-refractivity contribution is 5.78. The number of hydrogen-bond acceptors (Lipinski definition) is 7. The molecule has 0 aliphatic rings. The molecule has 0 saturated heterocycles. The van der Waals surface area contributed by atoms with E-state index in [4.69, 9.17) is 5.73 Å². The molecule has 1 heterocycles. The normalized spacial score (nSPS) is 9.88. The molecule has 0 saturated carbocycles. The van der Waals surface area contributed by atoms with Crippen LogP contribution < -0.4 is 20.9 Å². The van der Waals surface area contributed by atoms with Crippen LogP contribution >= 0.6 is 0 Å². The van der Waals surface area contributed by atoms with Crippen LogP contribution in [0, 0.1) is 0 Å². The predicted octanol–water partition coefficient (Wildman–Crippen LogP) is -1.10. The van der Waals surface area contributed by atoms with Crippen molar-refractivity contribution in [3.05, 3.63) is 0 Å². The average Bonchev–Trinajstić information content (AvgIpc) is 2.27. The maximum atomic E-state index is 10.8. The number of nitrogens with one attached hydrogen (secondary N) is 1. The maximum absolute atomic E-state index is 10.8. The Labute approximate surface area is 99.9 Å². The van der Waals surface area contributed by atoms with Gasteiger partial charge in [-0.1, -0.05) is 0 Å². The number of likely N-dealkylation sites (N-methyl/N-ethyl adjacent to an activating group) is 1. The van der Waals surface area contributed by atoms with Crippen molar-refractivity contribution < 1.29 is 4.79 Å². The molecule has 0 spiro atoms. The molecule has 8 heteroatoms. The number of nitrogens with zero attached hydrogens (tertiary/aromatic N) is 5. The number of nitrogens with two attached hydrogens (primary N) is 1. The van der Waals surface area contributed by atoms with E-state index in [1.165, 1.54) is 0 Å². The zero-order valence-corrected chi connectivity index (χ0v) is 10.4. The summed E-state index contributed by atoms with van der Waals surface area (Å²) in [7, 11) is 7.06. The summed E-state index contributed by atoms with van der Waals surface area (Å²) in [5, 5.41) is 2.84. The molecule has 0 atom stereocenters. The lowest BCUT2D eigenvalue weighted by molar-refractivity contribution is -0.116. The van der Waals surface area contributed by atoms with E-state index in [2.05, 4.69) is 20.3 Å². The lowest BCUT2D eigenvalue weighted by Crippen LogP contribution is -2.32. The molecule has 17 heavy (non-hydrogen) atoms. The van der Waals surface area contributed by atoms with Gasteiger partial charge in [0.25, 0.3) is 0 Å². The summed E-state index contributed by atoms with van der Waals surface area (Å²) in [4.78, 5) is 26.7. The first-order valence-electron chi connectivity index (χ1n) is 5.04. The Morgan fingerprint density at radius 2 is 1.82 bits per heavy atom. The topological polar surface area (TPSA) is 100 Å². The van der Waals surface area contributed by atoms with Crippen molar-refractivity contribution >= 4 is 23.8 Å². The van der Waals surface area contributed by atoms with Crippen molar-refractivity contribution in [3.8, 4) is 0 Å². The Hall–Kier alpha value is -2.12. The molecule has 3 N–H and O–H groups in total. The molecule has 0 aliphatic heterocycles. The number of primary amides is 1. The van der Waals surface area contributed by atoms with E-state index in [1.54, 1.807) is 23.9 Å². The number of aromatic nitrogens is 3. The van der Waals surface area contributed by atoms with Crippen LogP contribution in [0.5, 0.6) is 0 Å². The molecule has 94 valence electrons. The minimum atomic E-state index is -0.440. The standard InChI is InChI=1S/C9H17N7O/c1-11-7-12-8(15(2)3)14-9(13-7)16(4)5-6(10)17/h5H2,1-4H3,(H2,10,17)(H,11,12,13,14). The van der Waals surface area contributed by atoms with Crippen molar-refractivity contribution in [2.45, 2.75) is 0 Å². The summed E-state index contributed by atoms with van der Waals surface area (Å²) in [5.41, 5.74) is 5.12. The molecule has 1 aromatic heterocycles. The highest BCUT2D eigenvalue weighted by atomic mass is 16.1. The van der Waals surface area contributed by atoms with Gasteiger partial charge in [0.1, 0.15) is 0 Å². The van der Waals surface area contributed by atoms with Crippen molar-refractivity contribution in [2.24, 2.45) is 5.73 Å². The van der Waals surface area contributed by atoms with Crippen LogP contribution in [0.3, 0.4) is 0 Å². The molecule has 0 bridgehead atoms. The van der Waals surface area contributed by atoms with Gasteiger partial charge in [-0.2, -0.15) is 15.0 Å². The van der Waals surface area contributed by atoms with Gasteiger partial charge in [0.15, 0.2) is 0 Å². The van der Waals surface area contributed by atoms with Gasteiger partial charge in [-0.15, -0.1) is 0 Å². The summed E-state index contributed by atoms with van der Waals surface area (Å²) < 4.78 is 0. The van der Waals surface area contributed by atoms with Gasteiger partial charge < -0.3 is 20.9 Å². The van der Waals surface area contributed by atoms with Gasteiger partial charge in [0.2, 0.25) is 23.8 Å².